The zero-order chi connectivity index (χ0) is 23.4. The molecule has 6 nitrogen and oxygen atoms in total. The molecule has 0 radical (unpaired) electrons. The van der Waals surface area contributed by atoms with Crippen LogP contribution in [0.1, 0.15) is 21.5 Å². The molecule has 4 rings (SSSR count). The van der Waals surface area contributed by atoms with Crippen molar-refractivity contribution in [3.8, 4) is 0 Å². The SMILES string of the molecule is O=C(c1ccc(Cl)cc1Cl)n1nc(NCc2ccc(F)cc2)nc1NCc1ccc(F)cc1. The van der Waals surface area contributed by atoms with Gasteiger partial charge in [0.1, 0.15) is 11.6 Å². The Balaban J connectivity index is 1.59. The van der Waals surface area contributed by atoms with Crippen molar-refractivity contribution >= 4 is 41.0 Å². The van der Waals surface area contributed by atoms with E-state index in [1.807, 2.05) is 0 Å². The van der Waals surface area contributed by atoms with Gasteiger partial charge in [-0.1, -0.05) is 47.5 Å². The van der Waals surface area contributed by atoms with Crippen molar-refractivity contribution in [3.63, 3.8) is 0 Å². The number of nitrogens with one attached hydrogen (secondary N) is 2. The second kappa shape index (κ2) is 9.97. The summed E-state index contributed by atoms with van der Waals surface area (Å²) in [4.78, 5) is 17.5. The fourth-order valence-electron chi connectivity index (χ4n) is 2.99. The lowest BCUT2D eigenvalue weighted by molar-refractivity contribution is 0.0947. The van der Waals surface area contributed by atoms with Gasteiger partial charge in [0.25, 0.3) is 5.91 Å². The zero-order valence-corrected chi connectivity index (χ0v) is 18.5. The normalized spacial score (nSPS) is 10.8. The summed E-state index contributed by atoms with van der Waals surface area (Å²) in [7, 11) is 0. The highest BCUT2D eigenvalue weighted by molar-refractivity contribution is 6.36. The summed E-state index contributed by atoms with van der Waals surface area (Å²) in [5, 5.41) is 10.9. The minimum atomic E-state index is -0.513. The summed E-state index contributed by atoms with van der Waals surface area (Å²) in [6, 6.07) is 16.4. The number of nitrogens with zero attached hydrogens (tertiary/aromatic N) is 3. The molecule has 0 aliphatic rings. The van der Waals surface area contributed by atoms with Crippen LogP contribution >= 0.6 is 23.2 Å². The van der Waals surface area contributed by atoms with Gasteiger partial charge in [-0.15, -0.1) is 5.10 Å². The number of carbonyl (C=O) groups excluding carboxylic acids is 1. The molecular weight excluding hydrogens is 471 g/mol. The summed E-state index contributed by atoms with van der Waals surface area (Å²) in [5.74, 6) is -0.849. The second-order valence-corrected chi connectivity index (χ2v) is 7.90. The van der Waals surface area contributed by atoms with Crippen LogP contribution in [0.2, 0.25) is 10.0 Å². The minimum Gasteiger partial charge on any atom is -0.350 e. The molecule has 2 N–H and O–H groups in total. The van der Waals surface area contributed by atoms with Crippen LogP contribution in [0, 0.1) is 11.6 Å². The molecule has 0 spiro atoms. The Kier molecular flexibility index (Phi) is 6.86. The number of halogens is 4. The quantitative estimate of drug-likeness (QED) is 0.345. The monoisotopic (exact) mass is 487 g/mol. The van der Waals surface area contributed by atoms with Gasteiger partial charge >= 0.3 is 0 Å². The number of benzene rings is 3. The van der Waals surface area contributed by atoms with Crippen molar-refractivity contribution in [2.75, 3.05) is 10.6 Å². The van der Waals surface area contributed by atoms with E-state index in [1.165, 1.54) is 36.4 Å². The molecule has 1 aromatic heterocycles. The fourth-order valence-corrected chi connectivity index (χ4v) is 3.48. The van der Waals surface area contributed by atoms with E-state index in [2.05, 4.69) is 20.7 Å². The van der Waals surface area contributed by atoms with Gasteiger partial charge < -0.3 is 10.6 Å². The number of anilines is 2. The van der Waals surface area contributed by atoms with Crippen molar-refractivity contribution in [2.45, 2.75) is 13.1 Å². The third kappa shape index (κ3) is 5.66. The highest BCUT2D eigenvalue weighted by Crippen LogP contribution is 2.23. The van der Waals surface area contributed by atoms with Crippen molar-refractivity contribution in [3.05, 3.63) is 105 Å². The maximum atomic E-state index is 13.2. The largest absolute Gasteiger partial charge is 0.350 e. The summed E-state index contributed by atoms with van der Waals surface area (Å²) >= 11 is 12.1. The Bertz CT molecular complexity index is 1280. The molecule has 0 atom stereocenters. The van der Waals surface area contributed by atoms with Gasteiger partial charge in [0.2, 0.25) is 11.9 Å². The third-order valence-electron chi connectivity index (χ3n) is 4.69. The molecule has 0 bridgehead atoms. The lowest BCUT2D eigenvalue weighted by Crippen LogP contribution is -2.18. The molecule has 0 saturated heterocycles. The van der Waals surface area contributed by atoms with Gasteiger partial charge in [-0.25, -0.2) is 8.78 Å². The smallest absolute Gasteiger partial charge is 0.282 e. The zero-order valence-electron chi connectivity index (χ0n) is 17.0. The van der Waals surface area contributed by atoms with Crippen molar-refractivity contribution in [1.82, 2.24) is 14.8 Å². The lowest BCUT2D eigenvalue weighted by Gasteiger charge is -2.08. The van der Waals surface area contributed by atoms with Gasteiger partial charge in [0.05, 0.1) is 10.6 Å². The van der Waals surface area contributed by atoms with E-state index in [1.54, 1.807) is 30.3 Å². The fraction of sp³-hybridized carbons (Fsp3) is 0.0870. The minimum absolute atomic E-state index is 0.164. The molecule has 4 aromatic rings. The Morgan fingerprint density at radius 3 is 2.00 bits per heavy atom. The summed E-state index contributed by atoms with van der Waals surface area (Å²) < 4.78 is 27.4. The van der Waals surface area contributed by atoms with Crippen LogP contribution in [0.25, 0.3) is 0 Å². The van der Waals surface area contributed by atoms with E-state index >= 15 is 0 Å². The number of hydrogen-bond acceptors (Lipinski definition) is 5. The molecular formula is C23H17Cl2F2N5O. The molecule has 0 aliphatic heterocycles. The predicted molar refractivity (Wildman–Crippen MR) is 124 cm³/mol. The van der Waals surface area contributed by atoms with Crippen molar-refractivity contribution in [1.29, 1.82) is 0 Å². The number of aromatic nitrogens is 3. The molecule has 0 amide bonds. The van der Waals surface area contributed by atoms with Crippen LogP contribution in [-0.2, 0) is 13.1 Å². The van der Waals surface area contributed by atoms with Crippen LogP contribution in [0.3, 0.4) is 0 Å². The van der Waals surface area contributed by atoms with E-state index in [4.69, 9.17) is 23.2 Å². The summed E-state index contributed by atoms with van der Waals surface area (Å²) in [6.45, 7) is 0.593. The standard InChI is InChI=1S/C23H17Cl2F2N5O/c24-16-5-10-19(20(25)11-16)21(33)32-23(29-13-15-3-8-18(27)9-4-15)30-22(31-32)28-12-14-1-6-17(26)7-2-14/h1-11H,12-13H2,(H2,28,29,30,31). The predicted octanol–water partition coefficient (Wildman–Crippen LogP) is 5.78. The first kappa shape index (κ1) is 22.7. The Morgan fingerprint density at radius 2 is 1.42 bits per heavy atom. The van der Waals surface area contributed by atoms with E-state index < -0.39 is 5.91 Å². The van der Waals surface area contributed by atoms with Gasteiger partial charge in [-0.2, -0.15) is 9.67 Å². The van der Waals surface area contributed by atoms with E-state index in [0.717, 1.165) is 15.8 Å². The first-order valence-electron chi connectivity index (χ1n) is 9.82. The molecule has 0 aliphatic carbocycles. The Hall–Kier alpha value is -3.49. The maximum absolute atomic E-state index is 13.2. The first-order chi connectivity index (χ1) is 15.9. The van der Waals surface area contributed by atoms with Crippen molar-refractivity contribution in [2.24, 2.45) is 0 Å². The van der Waals surface area contributed by atoms with E-state index in [-0.39, 0.29) is 40.7 Å². The van der Waals surface area contributed by atoms with E-state index in [0.29, 0.717) is 11.6 Å². The van der Waals surface area contributed by atoms with Crippen LogP contribution in [0.4, 0.5) is 20.7 Å². The summed E-state index contributed by atoms with van der Waals surface area (Å²) in [5.41, 5.74) is 1.78. The maximum Gasteiger partial charge on any atom is 0.282 e. The highest BCUT2D eigenvalue weighted by Gasteiger charge is 2.20. The second-order valence-electron chi connectivity index (χ2n) is 7.06. The molecule has 168 valence electrons. The molecule has 1 heterocycles. The molecule has 0 saturated carbocycles. The van der Waals surface area contributed by atoms with Crippen LogP contribution in [0.5, 0.6) is 0 Å². The number of rotatable bonds is 7. The molecule has 0 fully saturated rings. The van der Waals surface area contributed by atoms with Crippen molar-refractivity contribution < 1.29 is 13.6 Å². The molecule has 33 heavy (non-hydrogen) atoms. The molecule has 0 unspecified atom stereocenters. The van der Waals surface area contributed by atoms with Crippen LogP contribution in [0.15, 0.2) is 66.7 Å². The van der Waals surface area contributed by atoms with Gasteiger partial charge in [0, 0.05) is 18.1 Å². The Morgan fingerprint density at radius 1 is 0.848 bits per heavy atom. The average Bonchev–Trinajstić information content (AvgIpc) is 3.21. The van der Waals surface area contributed by atoms with Crippen LogP contribution < -0.4 is 10.6 Å². The average molecular weight is 488 g/mol. The van der Waals surface area contributed by atoms with Gasteiger partial charge in [-0.3, -0.25) is 4.79 Å². The highest BCUT2D eigenvalue weighted by atomic mass is 35.5. The van der Waals surface area contributed by atoms with Crippen LogP contribution in [-0.4, -0.2) is 20.7 Å². The molecule has 10 heteroatoms. The molecule has 3 aromatic carbocycles. The number of carbonyl (C=O) groups is 1. The Labute approximate surface area is 198 Å². The first-order valence-corrected chi connectivity index (χ1v) is 10.6. The van der Waals surface area contributed by atoms with Gasteiger partial charge in [-0.05, 0) is 53.6 Å². The van der Waals surface area contributed by atoms with Gasteiger partial charge in [0.15, 0.2) is 0 Å². The lowest BCUT2D eigenvalue weighted by atomic mass is 10.2. The topological polar surface area (TPSA) is 71.8 Å². The third-order valence-corrected chi connectivity index (χ3v) is 5.24. The summed E-state index contributed by atoms with van der Waals surface area (Å²) in [6.07, 6.45) is 0. The number of hydrogen-bond donors (Lipinski definition) is 2. The van der Waals surface area contributed by atoms with E-state index in [9.17, 15) is 13.6 Å².